The van der Waals surface area contributed by atoms with Crippen LogP contribution in [-0.4, -0.2) is 31.6 Å². The van der Waals surface area contributed by atoms with Gasteiger partial charge in [0.1, 0.15) is 0 Å². The molecule has 4 heteroatoms. The smallest absolute Gasteiger partial charge is 0.0923 e. The van der Waals surface area contributed by atoms with Crippen LogP contribution in [0.3, 0.4) is 0 Å². The summed E-state index contributed by atoms with van der Waals surface area (Å²) < 4.78 is 0.255. The highest BCUT2D eigenvalue weighted by Gasteiger charge is 2.04. The summed E-state index contributed by atoms with van der Waals surface area (Å²) in [6.45, 7) is 0. The van der Waals surface area contributed by atoms with Crippen LogP contribution in [0.25, 0.3) is 0 Å². The van der Waals surface area contributed by atoms with Gasteiger partial charge in [0.25, 0.3) is 0 Å². The molecule has 0 saturated heterocycles. The molecule has 0 aliphatic carbocycles. The molecule has 0 unspecified atom stereocenters. The van der Waals surface area contributed by atoms with Gasteiger partial charge in [-0.2, -0.15) is 0 Å². The zero-order valence-electron chi connectivity index (χ0n) is 8.49. The Morgan fingerprint density at radius 3 is 2.50 bits per heavy atom. The van der Waals surface area contributed by atoms with Crippen molar-refractivity contribution in [2.24, 2.45) is 5.10 Å². The number of nitrogens with zero attached hydrogens (tertiary/aromatic N) is 2. The van der Waals surface area contributed by atoms with Gasteiger partial charge in [-0.3, -0.25) is 0 Å². The highest BCUT2D eigenvalue weighted by atomic mass is 35.5. The van der Waals surface area contributed by atoms with Gasteiger partial charge in [0.15, 0.2) is 0 Å². The number of rotatable bonds is 2. The van der Waals surface area contributed by atoms with E-state index in [1.54, 1.807) is 24.3 Å². The van der Waals surface area contributed by atoms with Crippen LogP contribution in [0.15, 0.2) is 29.4 Å². The van der Waals surface area contributed by atoms with Gasteiger partial charge in [-0.05, 0) is 17.7 Å². The Morgan fingerprint density at radius 2 is 2.00 bits per heavy atom. The van der Waals surface area contributed by atoms with Crippen molar-refractivity contribution in [3.8, 4) is 0 Å². The maximum Gasteiger partial charge on any atom is 0.0923 e. The SMILES string of the molecule is C[N+](C)(C)N=C([O-])c1cccc(Cl)c1. The fourth-order valence-corrected chi connectivity index (χ4v) is 1.14. The summed E-state index contributed by atoms with van der Waals surface area (Å²) >= 11 is 5.76. The molecule has 76 valence electrons. The van der Waals surface area contributed by atoms with Crippen molar-refractivity contribution in [1.82, 2.24) is 0 Å². The third-order valence-electron chi connectivity index (χ3n) is 1.46. The summed E-state index contributed by atoms with van der Waals surface area (Å²) in [5.74, 6) is -0.250. The van der Waals surface area contributed by atoms with Gasteiger partial charge in [0.2, 0.25) is 0 Å². The fourth-order valence-electron chi connectivity index (χ4n) is 0.952. The number of hydrogen-bond donors (Lipinski definition) is 0. The molecule has 0 saturated carbocycles. The molecule has 3 nitrogen and oxygen atoms in total. The Morgan fingerprint density at radius 1 is 1.36 bits per heavy atom. The van der Waals surface area contributed by atoms with Crippen molar-refractivity contribution in [3.05, 3.63) is 34.9 Å². The normalized spacial score (nSPS) is 13.0. The summed E-state index contributed by atoms with van der Waals surface area (Å²) in [6.07, 6.45) is 0. The Labute approximate surface area is 88.8 Å². The summed E-state index contributed by atoms with van der Waals surface area (Å²) in [6, 6.07) is 6.78. The van der Waals surface area contributed by atoms with E-state index in [1.807, 2.05) is 21.1 Å². The molecule has 0 amide bonds. The molecule has 1 rings (SSSR count). The second-order valence-corrected chi connectivity index (χ2v) is 4.29. The van der Waals surface area contributed by atoms with Crippen LogP contribution in [0, 0.1) is 0 Å². The minimum Gasteiger partial charge on any atom is -0.855 e. The lowest BCUT2D eigenvalue weighted by Crippen LogP contribution is -2.33. The first-order valence-electron chi connectivity index (χ1n) is 4.23. The number of quaternary nitrogens is 1. The number of hydrogen-bond acceptors (Lipinski definition) is 2. The lowest BCUT2D eigenvalue weighted by molar-refractivity contribution is -0.878. The van der Waals surface area contributed by atoms with Crippen molar-refractivity contribution in [3.63, 3.8) is 0 Å². The molecule has 1 aromatic carbocycles. The van der Waals surface area contributed by atoms with Crippen molar-refractivity contribution in [1.29, 1.82) is 0 Å². The van der Waals surface area contributed by atoms with Crippen LogP contribution in [0.1, 0.15) is 5.56 Å². The monoisotopic (exact) mass is 212 g/mol. The lowest BCUT2D eigenvalue weighted by Gasteiger charge is -2.20. The third-order valence-corrected chi connectivity index (χ3v) is 1.70. The molecule has 1 aromatic rings. The molecule has 0 heterocycles. The minimum atomic E-state index is -0.250. The molecule has 0 fully saturated rings. The van der Waals surface area contributed by atoms with Gasteiger partial charge >= 0.3 is 0 Å². The van der Waals surface area contributed by atoms with Crippen molar-refractivity contribution in [2.75, 3.05) is 21.1 Å². The van der Waals surface area contributed by atoms with E-state index in [-0.39, 0.29) is 10.5 Å². The molecule has 0 N–H and O–H groups in total. The minimum absolute atomic E-state index is 0.250. The summed E-state index contributed by atoms with van der Waals surface area (Å²) in [7, 11) is 5.47. The second-order valence-electron chi connectivity index (χ2n) is 3.86. The maximum atomic E-state index is 11.6. The van der Waals surface area contributed by atoms with E-state index in [1.165, 1.54) is 0 Å². The fraction of sp³-hybridized carbons (Fsp3) is 0.300. The van der Waals surface area contributed by atoms with E-state index in [4.69, 9.17) is 11.6 Å². The van der Waals surface area contributed by atoms with Crippen LogP contribution >= 0.6 is 11.6 Å². The number of halogens is 1. The molecular formula is C10H13ClN2O. The van der Waals surface area contributed by atoms with Gasteiger partial charge in [0.05, 0.1) is 27.0 Å². The number of benzene rings is 1. The van der Waals surface area contributed by atoms with Gasteiger partial charge < -0.3 is 5.11 Å². The van der Waals surface area contributed by atoms with E-state index < -0.39 is 0 Å². The zero-order chi connectivity index (χ0) is 10.8. The van der Waals surface area contributed by atoms with E-state index in [2.05, 4.69) is 5.10 Å². The standard InChI is InChI=1S/C10H13ClN2O/c1-13(2,3)12-10(14)8-5-4-6-9(11)7-8/h4-7H,1-3H3. The predicted molar refractivity (Wildman–Crippen MR) is 56.0 cm³/mol. The molecule has 0 bridgehead atoms. The van der Waals surface area contributed by atoms with E-state index >= 15 is 0 Å². The van der Waals surface area contributed by atoms with Crippen molar-refractivity contribution >= 4 is 17.5 Å². The topological polar surface area (TPSA) is 35.4 Å². The van der Waals surface area contributed by atoms with Crippen LogP contribution in [-0.2, 0) is 0 Å². The van der Waals surface area contributed by atoms with Gasteiger partial charge in [0, 0.05) is 5.02 Å². The Kier molecular flexibility index (Phi) is 3.13. The van der Waals surface area contributed by atoms with E-state index in [9.17, 15) is 5.11 Å². The molecule has 0 aliphatic heterocycles. The first-order valence-corrected chi connectivity index (χ1v) is 4.61. The van der Waals surface area contributed by atoms with Crippen molar-refractivity contribution < 1.29 is 9.70 Å². The molecule has 0 atom stereocenters. The van der Waals surface area contributed by atoms with Crippen LogP contribution in [0.5, 0.6) is 0 Å². The maximum absolute atomic E-state index is 11.6. The molecule has 0 radical (unpaired) electrons. The zero-order valence-corrected chi connectivity index (χ0v) is 9.25. The Balaban J connectivity index is 3.01. The molecule has 0 spiro atoms. The lowest BCUT2D eigenvalue weighted by atomic mass is 10.2. The van der Waals surface area contributed by atoms with Gasteiger partial charge in [-0.1, -0.05) is 28.8 Å². The summed E-state index contributed by atoms with van der Waals surface area (Å²) in [5.41, 5.74) is 0.519. The average molecular weight is 213 g/mol. The van der Waals surface area contributed by atoms with E-state index in [0.29, 0.717) is 10.6 Å². The largest absolute Gasteiger partial charge is 0.855 e. The third kappa shape index (κ3) is 3.36. The average Bonchev–Trinajstić information content (AvgIpc) is 2.01. The highest BCUT2D eigenvalue weighted by Crippen LogP contribution is 2.10. The molecule has 14 heavy (non-hydrogen) atoms. The first kappa shape index (κ1) is 11.0. The van der Waals surface area contributed by atoms with Crippen LogP contribution in [0.2, 0.25) is 5.02 Å². The Bertz CT molecular complexity index is 355. The second kappa shape index (κ2) is 3.98. The quantitative estimate of drug-likeness (QED) is 0.313. The van der Waals surface area contributed by atoms with Crippen LogP contribution in [0.4, 0.5) is 0 Å². The summed E-state index contributed by atoms with van der Waals surface area (Å²) in [4.78, 5) is 0. The van der Waals surface area contributed by atoms with Gasteiger partial charge in [-0.25, -0.2) is 4.59 Å². The highest BCUT2D eigenvalue weighted by molar-refractivity contribution is 6.30. The first-order chi connectivity index (χ1) is 6.38. The molecule has 0 aromatic heterocycles. The van der Waals surface area contributed by atoms with E-state index in [0.717, 1.165) is 0 Å². The van der Waals surface area contributed by atoms with Crippen molar-refractivity contribution in [2.45, 2.75) is 0 Å². The Hall–Kier alpha value is -1.06. The summed E-state index contributed by atoms with van der Waals surface area (Å²) in [5, 5.41) is 16.1. The van der Waals surface area contributed by atoms with Crippen LogP contribution < -0.4 is 5.11 Å². The molecular weight excluding hydrogens is 200 g/mol. The predicted octanol–water partition coefficient (Wildman–Crippen LogP) is 1.07. The molecule has 0 aliphatic rings. The van der Waals surface area contributed by atoms with Gasteiger partial charge in [-0.15, -0.1) is 0 Å².